The van der Waals surface area contributed by atoms with Crippen LogP contribution in [-0.2, 0) is 4.79 Å². The van der Waals surface area contributed by atoms with Gasteiger partial charge in [0.1, 0.15) is 0 Å². The van der Waals surface area contributed by atoms with Gasteiger partial charge in [0.2, 0.25) is 5.91 Å². The van der Waals surface area contributed by atoms with Crippen molar-refractivity contribution in [1.82, 2.24) is 9.57 Å². The first kappa shape index (κ1) is 18.1. The molecule has 1 amide bonds. The molecule has 1 fully saturated rings. The standard InChI is InChI=1S/C14H30N5OP/c1-21(2,3)19-11-9-18(10-12-19)13(20)7-5-4-6-8-17-14(15)16/h1,4-12H2,2-3H3,(H4,15,16,17). The van der Waals surface area contributed by atoms with E-state index in [1.807, 2.05) is 4.90 Å². The number of hydrogen-bond donors (Lipinski definition) is 2. The van der Waals surface area contributed by atoms with E-state index in [1.54, 1.807) is 0 Å². The van der Waals surface area contributed by atoms with Gasteiger partial charge in [-0.15, -0.1) is 0 Å². The SMILES string of the molecule is C=P(C)(C)N1CCN(C(=O)CCCCCN=C(N)N)CC1. The Labute approximate surface area is 128 Å². The maximum atomic E-state index is 12.1. The van der Waals surface area contributed by atoms with Crippen molar-refractivity contribution >= 4 is 25.2 Å². The second-order valence-electron chi connectivity index (χ2n) is 6.07. The van der Waals surface area contributed by atoms with Gasteiger partial charge >= 0.3 is 0 Å². The second-order valence-corrected chi connectivity index (χ2v) is 9.88. The highest BCUT2D eigenvalue weighted by molar-refractivity contribution is 7.70. The van der Waals surface area contributed by atoms with E-state index in [0.717, 1.165) is 45.4 Å². The molecule has 1 aliphatic heterocycles. The van der Waals surface area contributed by atoms with E-state index < -0.39 is 7.04 Å². The van der Waals surface area contributed by atoms with Crippen molar-refractivity contribution in [3.05, 3.63) is 0 Å². The molecule has 0 aliphatic carbocycles. The van der Waals surface area contributed by atoms with Gasteiger partial charge in [-0.1, -0.05) is 19.8 Å². The van der Waals surface area contributed by atoms with Crippen LogP contribution in [0.15, 0.2) is 4.99 Å². The molecule has 0 aromatic carbocycles. The van der Waals surface area contributed by atoms with E-state index >= 15 is 0 Å². The van der Waals surface area contributed by atoms with Crippen molar-refractivity contribution in [3.63, 3.8) is 0 Å². The third-order valence-corrected chi connectivity index (χ3v) is 5.65. The van der Waals surface area contributed by atoms with Crippen LogP contribution in [0.4, 0.5) is 0 Å². The molecule has 1 heterocycles. The van der Waals surface area contributed by atoms with Crippen molar-refractivity contribution in [3.8, 4) is 0 Å². The van der Waals surface area contributed by atoms with Gasteiger partial charge < -0.3 is 16.4 Å². The minimum atomic E-state index is -1.18. The molecule has 1 rings (SSSR count). The molecular formula is C14H30N5OP. The summed E-state index contributed by atoms with van der Waals surface area (Å²) in [6.07, 6.45) is 7.71. The average Bonchev–Trinajstić information content (AvgIpc) is 2.41. The number of amides is 1. The fraction of sp³-hybridized carbons (Fsp3) is 0.786. The number of unbranched alkanes of at least 4 members (excludes halogenated alkanes) is 2. The first-order chi connectivity index (χ1) is 9.80. The number of nitrogens with two attached hydrogens (primary N) is 2. The van der Waals surface area contributed by atoms with Gasteiger partial charge in [0.15, 0.2) is 5.96 Å². The van der Waals surface area contributed by atoms with Gasteiger partial charge in [0.25, 0.3) is 0 Å². The van der Waals surface area contributed by atoms with Gasteiger partial charge in [-0.25, -0.2) is 0 Å². The van der Waals surface area contributed by atoms with Crippen molar-refractivity contribution in [2.75, 3.05) is 46.1 Å². The number of aliphatic imine (C=N–C) groups is 1. The number of guanidine groups is 1. The van der Waals surface area contributed by atoms with E-state index in [9.17, 15) is 4.79 Å². The number of carbonyl (C=O) groups is 1. The zero-order chi connectivity index (χ0) is 15.9. The number of hydrogen-bond acceptors (Lipinski definition) is 3. The maximum absolute atomic E-state index is 12.1. The van der Waals surface area contributed by atoms with Gasteiger partial charge in [0, 0.05) is 39.1 Å². The normalized spacial score (nSPS) is 16.8. The quantitative estimate of drug-likeness (QED) is 0.311. The molecule has 122 valence electrons. The Bertz CT molecular complexity index is 406. The summed E-state index contributed by atoms with van der Waals surface area (Å²) in [5.74, 6) is 0.414. The van der Waals surface area contributed by atoms with Crippen LogP contribution >= 0.6 is 7.04 Å². The Balaban J connectivity index is 2.17. The van der Waals surface area contributed by atoms with E-state index in [2.05, 4.69) is 29.3 Å². The molecule has 0 spiro atoms. The van der Waals surface area contributed by atoms with Gasteiger partial charge in [-0.2, -0.15) is 0 Å². The topological polar surface area (TPSA) is 87.9 Å². The third kappa shape index (κ3) is 7.00. The molecule has 1 aliphatic rings. The van der Waals surface area contributed by atoms with E-state index in [0.29, 0.717) is 13.0 Å². The molecule has 21 heavy (non-hydrogen) atoms. The molecule has 1 saturated heterocycles. The fourth-order valence-electron chi connectivity index (χ4n) is 2.42. The predicted molar refractivity (Wildman–Crippen MR) is 93.2 cm³/mol. The molecular weight excluding hydrogens is 285 g/mol. The molecule has 6 nitrogen and oxygen atoms in total. The molecule has 0 unspecified atom stereocenters. The molecule has 0 bridgehead atoms. The summed E-state index contributed by atoms with van der Waals surface area (Å²) in [6, 6.07) is 0. The highest BCUT2D eigenvalue weighted by atomic mass is 31.2. The van der Waals surface area contributed by atoms with E-state index in [4.69, 9.17) is 11.5 Å². The van der Waals surface area contributed by atoms with Crippen LogP contribution in [0.2, 0.25) is 0 Å². The molecule has 0 radical (unpaired) electrons. The summed E-state index contributed by atoms with van der Waals surface area (Å²) in [5.41, 5.74) is 10.5. The second kappa shape index (κ2) is 8.44. The van der Waals surface area contributed by atoms with Crippen molar-refractivity contribution in [2.24, 2.45) is 16.5 Å². The highest BCUT2D eigenvalue weighted by Crippen LogP contribution is 2.40. The van der Waals surface area contributed by atoms with Crippen LogP contribution in [0.25, 0.3) is 0 Å². The maximum Gasteiger partial charge on any atom is 0.222 e. The summed E-state index contributed by atoms with van der Waals surface area (Å²) in [7, 11) is -1.18. The molecule has 0 aromatic heterocycles. The lowest BCUT2D eigenvalue weighted by Crippen LogP contribution is -2.47. The van der Waals surface area contributed by atoms with E-state index in [-0.39, 0.29) is 11.9 Å². The third-order valence-electron chi connectivity index (χ3n) is 3.72. The molecule has 7 heteroatoms. The number of rotatable bonds is 7. The minimum Gasteiger partial charge on any atom is -0.370 e. The van der Waals surface area contributed by atoms with Crippen LogP contribution in [0.3, 0.4) is 0 Å². The van der Waals surface area contributed by atoms with Crippen molar-refractivity contribution in [1.29, 1.82) is 0 Å². The number of piperazine rings is 1. The fourth-order valence-corrected chi connectivity index (χ4v) is 3.68. The van der Waals surface area contributed by atoms with Gasteiger partial charge in [-0.05, 0) is 26.2 Å². The molecule has 0 saturated carbocycles. The number of carbonyl (C=O) groups excluding carboxylic acids is 1. The Morgan fingerprint density at radius 3 is 2.29 bits per heavy atom. The van der Waals surface area contributed by atoms with Gasteiger partial charge in [-0.3, -0.25) is 14.5 Å². The summed E-state index contributed by atoms with van der Waals surface area (Å²) in [5, 5.41) is 0. The molecule has 0 atom stereocenters. The van der Waals surface area contributed by atoms with Crippen LogP contribution < -0.4 is 11.5 Å². The largest absolute Gasteiger partial charge is 0.370 e. The lowest BCUT2D eigenvalue weighted by atomic mass is 10.1. The monoisotopic (exact) mass is 315 g/mol. The van der Waals surface area contributed by atoms with Crippen LogP contribution in [0.1, 0.15) is 25.7 Å². The summed E-state index contributed by atoms with van der Waals surface area (Å²) in [4.78, 5) is 18.0. The number of nitrogens with zero attached hydrogens (tertiary/aromatic N) is 3. The summed E-state index contributed by atoms with van der Waals surface area (Å²) >= 11 is 0. The highest BCUT2D eigenvalue weighted by Gasteiger charge is 2.23. The zero-order valence-electron chi connectivity index (χ0n) is 13.4. The lowest BCUT2D eigenvalue weighted by Gasteiger charge is -2.39. The smallest absolute Gasteiger partial charge is 0.222 e. The first-order valence-corrected chi connectivity index (χ1v) is 10.4. The molecule has 0 aromatic rings. The summed E-state index contributed by atoms with van der Waals surface area (Å²) in [6.45, 7) is 8.69. The van der Waals surface area contributed by atoms with Crippen molar-refractivity contribution in [2.45, 2.75) is 25.7 Å². The Morgan fingerprint density at radius 1 is 1.14 bits per heavy atom. The Kier molecular flexibility index (Phi) is 7.26. The van der Waals surface area contributed by atoms with Gasteiger partial charge in [0.05, 0.1) is 0 Å². The predicted octanol–water partition coefficient (Wildman–Crippen LogP) is 0.589. The first-order valence-electron chi connectivity index (χ1n) is 7.57. The minimum absolute atomic E-state index is 0.139. The Hall–Kier alpha value is -1.00. The molecule has 4 N–H and O–H groups in total. The lowest BCUT2D eigenvalue weighted by molar-refractivity contribution is -0.132. The Morgan fingerprint density at radius 2 is 1.76 bits per heavy atom. The van der Waals surface area contributed by atoms with E-state index in [1.165, 1.54) is 0 Å². The van der Waals surface area contributed by atoms with Crippen molar-refractivity contribution < 1.29 is 4.79 Å². The van der Waals surface area contributed by atoms with Crippen LogP contribution in [-0.4, -0.2) is 73.8 Å². The zero-order valence-corrected chi connectivity index (χ0v) is 14.3. The summed E-state index contributed by atoms with van der Waals surface area (Å²) < 4.78 is 2.44. The van der Waals surface area contributed by atoms with Crippen LogP contribution in [0.5, 0.6) is 0 Å². The van der Waals surface area contributed by atoms with Crippen LogP contribution in [0, 0.1) is 0 Å². The average molecular weight is 315 g/mol.